The van der Waals surface area contributed by atoms with Crippen molar-refractivity contribution in [3.05, 3.63) is 0 Å². The minimum atomic E-state index is -1.27. The molecule has 0 spiro atoms. The van der Waals surface area contributed by atoms with E-state index in [1.807, 2.05) is 0 Å². The van der Waals surface area contributed by atoms with E-state index in [9.17, 15) is 0 Å². The van der Waals surface area contributed by atoms with Crippen LogP contribution in [0, 0.1) is 0 Å². The summed E-state index contributed by atoms with van der Waals surface area (Å²) < 4.78 is 8.76. The van der Waals surface area contributed by atoms with Crippen LogP contribution >= 0.6 is 0 Å². The van der Waals surface area contributed by atoms with E-state index in [2.05, 4.69) is 10.1 Å². The first-order valence-electron chi connectivity index (χ1n) is 2.59. The van der Waals surface area contributed by atoms with Gasteiger partial charge in [0.1, 0.15) is 0 Å². The molecule has 8 heavy (non-hydrogen) atoms. The summed E-state index contributed by atoms with van der Waals surface area (Å²) in [5, 5.41) is 7.82. The van der Waals surface area contributed by atoms with Gasteiger partial charge in [-0.2, -0.15) is 0 Å². The number of hydrogen-bond acceptors (Lipinski definition) is 3. The molecule has 48 valence electrons. The van der Waals surface area contributed by atoms with Gasteiger partial charge in [0.05, 0.1) is 0 Å². The van der Waals surface area contributed by atoms with Gasteiger partial charge in [-0.15, -0.1) is 0 Å². The summed E-state index contributed by atoms with van der Waals surface area (Å²) in [6.07, 6.45) is 2.19. The molecule has 0 fully saturated rings. The van der Waals surface area contributed by atoms with Crippen molar-refractivity contribution in [2.45, 2.75) is 19.8 Å². The Labute approximate surface area is 60.2 Å². The zero-order valence-electron chi connectivity index (χ0n) is 4.89. The average Bonchev–Trinajstić information content (AvgIpc) is 1.81. The molecule has 0 heterocycles. The van der Waals surface area contributed by atoms with E-state index < -0.39 is 22.0 Å². The Hall–Kier alpha value is 0.679. The number of hydrogen-bond donors (Lipinski definition) is 1. The summed E-state index contributed by atoms with van der Waals surface area (Å²) in [6.45, 7) is 2.83. The van der Waals surface area contributed by atoms with Crippen molar-refractivity contribution in [3.8, 4) is 0 Å². The first-order chi connectivity index (χ1) is 3.91. The van der Waals surface area contributed by atoms with Crippen LogP contribution in [-0.2, 0) is 6.30 Å². The average molecular weight is 225 g/mol. The van der Waals surface area contributed by atoms with Crippen molar-refractivity contribution < 1.29 is 11.6 Å². The van der Waals surface area contributed by atoms with Crippen LogP contribution in [0.1, 0.15) is 19.8 Å². The Morgan fingerprint density at radius 1 is 1.62 bits per heavy atom. The molecule has 0 aromatic carbocycles. The fraction of sp³-hybridized carbons (Fsp3) is 1.00. The first-order valence-corrected chi connectivity index (χ1v) is 4.92. The van der Waals surface area contributed by atoms with Gasteiger partial charge in [0.15, 0.2) is 0 Å². The topological polar surface area (TPSA) is 38.7 Å². The molecule has 0 saturated heterocycles. The fourth-order valence-corrected chi connectivity index (χ4v) is 1.08. The monoisotopic (exact) mass is 226 g/mol. The normalized spacial score (nSPS) is 9.75. The van der Waals surface area contributed by atoms with Gasteiger partial charge in [0.25, 0.3) is 0 Å². The standard InChI is InChI=1S/C4H9O.H2O2.Sn/c1-2-3-4-5;1-2;/h2-4H2,1H3;1-2H;/q-1;;+2/p-1. The molecular formula is C4H10O3Sn. The van der Waals surface area contributed by atoms with Crippen molar-refractivity contribution in [3.63, 3.8) is 0 Å². The summed E-state index contributed by atoms with van der Waals surface area (Å²) in [7, 11) is 0. The van der Waals surface area contributed by atoms with Crippen molar-refractivity contribution in [1.29, 1.82) is 0 Å². The van der Waals surface area contributed by atoms with Gasteiger partial charge in [0, 0.05) is 0 Å². The molecule has 0 aliphatic rings. The van der Waals surface area contributed by atoms with E-state index in [0.29, 0.717) is 0 Å². The van der Waals surface area contributed by atoms with Crippen LogP contribution < -0.4 is 0 Å². The van der Waals surface area contributed by atoms with Gasteiger partial charge in [-0.3, -0.25) is 0 Å². The Morgan fingerprint density at radius 3 is 2.88 bits per heavy atom. The predicted octanol–water partition coefficient (Wildman–Crippen LogP) is 0.827. The van der Waals surface area contributed by atoms with E-state index in [0.717, 1.165) is 19.4 Å². The minimum absolute atomic E-state index is 0.739. The van der Waals surface area contributed by atoms with Crippen LogP contribution in [0.15, 0.2) is 0 Å². The summed E-state index contributed by atoms with van der Waals surface area (Å²) in [4.78, 5) is 0. The van der Waals surface area contributed by atoms with Gasteiger partial charge in [-0.1, -0.05) is 0 Å². The van der Waals surface area contributed by atoms with Crippen molar-refractivity contribution >= 4 is 22.0 Å². The van der Waals surface area contributed by atoms with Crippen molar-refractivity contribution in [2.75, 3.05) is 6.61 Å². The van der Waals surface area contributed by atoms with Crippen LogP contribution in [0.4, 0.5) is 0 Å². The van der Waals surface area contributed by atoms with E-state index in [1.165, 1.54) is 0 Å². The Morgan fingerprint density at radius 2 is 2.38 bits per heavy atom. The molecule has 0 amide bonds. The van der Waals surface area contributed by atoms with Gasteiger partial charge in [0.2, 0.25) is 0 Å². The van der Waals surface area contributed by atoms with Crippen LogP contribution in [0.3, 0.4) is 0 Å². The van der Waals surface area contributed by atoms with Gasteiger partial charge in [-0.25, -0.2) is 0 Å². The van der Waals surface area contributed by atoms with Gasteiger partial charge >= 0.3 is 59.9 Å². The molecule has 3 nitrogen and oxygen atoms in total. The molecule has 1 N–H and O–H groups in total. The molecule has 0 rings (SSSR count). The van der Waals surface area contributed by atoms with E-state index in [1.54, 1.807) is 0 Å². The Kier molecular flexibility index (Phi) is 8.33. The third-order valence-corrected chi connectivity index (χ3v) is 1.83. The zero-order valence-corrected chi connectivity index (χ0v) is 7.74. The molecule has 0 aliphatic heterocycles. The number of unbranched alkanes of at least 4 members (excludes halogenated alkanes) is 1. The van der Waals surface area contributed by atoms with Crippen LogP contribution in [-0.4, -0.2) is 33.8 Å². The van der Waals surface area contributed by atoms with Crippen molar-refractivity contribution in [1.82, 2.24) is 0 Å². The summed E-state index contributed by atoms with van der Waals surface area (Å²) in [5.41, 5.74) is 0. The van der Waals surface area contributed by atoms with E-state index in [4.69, 9.17) is 8.33 Å². The molecule has 0 unspecified atom stereocenters. The summed E-state index contributed by atoms with van der Waals surface area (Å²) in [6, 6.07) is 0. The third-order valence-electron chi connectivity index (χ3n) is 0.696. The molecule has 0 bridgehead atoms. The SMILES string of the molecule is CCCC[O][Sn][O]O. The second-order valence-corrected chi connectivity index (χ2v) is 3.20. The fourth-order valence-electron chi connectivity index (χ4n) is 0.285. The summed E-state index contributed by atoms with van der Waals surface area (Å²) >= 11 is -1.27. The molecule has 2 radical (unpaired) electrons. The number of rotatable bonds is 5. The molecule has 0 saturated carbocycles. The Balaban J connectivity index is 2.53. The van der Waals surface area contributed by atoms with Crippen LogP contribution in [0.25, 0.3) is 0 Å². The molecular weight excluding hydrogens is 215 g/mol. The quantitative estimate of drug-likeness (QED) is 0.326. The zero-order chi connectivity index (χ0) is 6.24. The van der Waals surface area contributed by atoms with Crippen LogP contribution in [0.2, 0.25) is 0 Å². The summed E-state index contributed by atoms with van der Waals surface area (Å²) in [5.74, 6) is 0. The molecule has 0 aromatic rings. The first kappa shape index (κ1) is 8.68. The second-order valence-electron chi connectivity index (χ2n) is 1.38. The van der Waals surface area contributed by atoms with Crippen LogP contribution in [0.5, 0.6) is 0 Å². The molecule has 4 heteroatoms. The van der Waals surface area contributed by atoms with E-state index in [-0.39, 0.29) is 0 Å². The molecule has 0 atom stereocenters. The van der Waals surface area contributed by atoms with Gasteiger partial charge < -0.3 is 0 Å². The maximum absolute atomic E-state index is 7.82. The van der Waals surface area contributed by atoms with Gasteiger partial charge in [-0.05, 0) is 0 Å². The Bertz CT molecular complexity index is 36.3. The molecule has 0 aliphatic carbocycles. The van der Waals surface area contributed by atoms with Crippen molar-refractivity contribution in [2.24, 2.45) is 0 Å². The predicted molar refractivity (Wildman–Crippen MR) is 30.3 cm³/mol. The third kappa shape index (κ3) is 6.68. The maximum atomic E-state index is 7.82. The molecule has 0 aromatic heterocycles. The second kappa shape index (κ2) is 7.68. The van der Waals surface area contributed by atoms with E-state index >= 15 is 0 Å².